The average Bonchev–Trinajstić information content (AvgIpc) is 2.62. The van der Waals surface area contributed by atoms with Gasteiger partial charge in [-0.25, -0.2) is 22.0 Å². The molecule has 0 aliphatic rings. The maximum Gasteiger partial charge on any atom is 0.500 e. The van der Waals surface area contributed by atoms with Gasteiger partial charge in [-0.1, -0.05) is 12.8 Å². The van der Waals surface area contributed by atoms with E-state index in [1.807, 2.05) is 13.8 Å². The topological polar surface area (TPSA) is 27.7 Å². The largest absolute Gasteiger partial charge is 0.500 e. The predicted octanol–water partition coefficient (Wildman–Crippen LogP) is 5.14. The van der Waals surface area contributed by atoms with Crippen LogP contribution in [-0.4, -0.2) is 29.1 Å². The third-order valence-electron chi connectivity index (χ3n) is 4.00. The van der Waals surface area contributed by atoms with Crippen LogP contribution in [0.15, 0.2) is 0 Å². The van der Waals surface area contributed by atoms with Gasteiger partial charge >= 0.3 is 8.80 Å². The second-order valence-corrected chi connectivity index (χ2v) is 9.14. The van der Waals surface area contributed by atoms with E-state index in [1.165, 1.54) is 14.2 Å². The van der Waals surface area contributed by atoms with Gasteiger partial charge in [-0.05, 0) is 33.1 Å². The van der Waals surface area contributed by atoms with Gasteiger partial charge in [-0.15, -0.1) is 0 Å². The molecule has 0 radical (unpaired) electrons. The minimum absolute atomic E-state index is 0.0456. The lowest BCUT2D eigenvalue weighted by molar-refractivity contribution is 0.0693. The quantitative estimate of drug-likeness (QED) is 0.169. The van der Waals surface area contributed by atoms with Gasteiger partial charge in [0.05, 0.1) is 0 Å². The summed E-state index contributed by atoms with van der Waals surface area (Å²) >= 11 is 0. The van der Waals surface area contributed by atoms with Crippen molar-refractivity contribution in [2.75, 3.05) is 14.2 Å². The molecule has 0 N–H and O–H groups in total. The molecule has 0 saturated heterocycles. The Hall–Kier alpha value is -1.03. The van der Waals surface area contributed by atoms with Crippen molar-refractivity contribution in [3.8, 4) is 0 Å². The molecule has 1 rings (SSSR count). The Balaban J connectivity index is 2.51. The number of rotatable bonds is 11. The van der Waals surface area contributed by atoms with E-state index in [1.54, 1.807) is 0 Å². The average molecular weight is 400 g/mol. The molecular weight excluding hydrogens is 375 g/mol. The smallest absolute Gasteiger partial charge is 0.377 e. The number of hydrogen-bond donors (Lipinski definition) is 0. The second-order valence-electron chi connectivity index (χ2n) is 6.22. The molecule has 0 fully saturated rings. The molecule has 0 saturated carbocycles. The van der Waals surface area contributed by atoms with Crippen LogP contribution < -0.4 is 0 Å². The molecular formula is C17H25F5O3Si. The molecule has 0 atom stereocenters. The van der Waals surface area contributed by atoms with Gasteiger partial charge in [0.15, 0.2) is 23.3 Å². The Morgan fingerprint density at radius 1 is 0.731 bits per heavy atom. The highest BCUT2D eigenvalue weighted by molar-refractivity contribution is 6.60. The first kappa shape index (κ1) is 23.0. The number of hydrogen-bond acceptors (Lipinski definition) is 3. The summed E-state index contributed by atoms with van der Waals surface area (Å²) in [5.41, 5.74) is -0.762. The molecule has 3 nitrogen and oxygen atoms in total. The highest BCUT2D eigenvalue weighted by Crippen LogP contribution is 2.25. The first-order valence-corrected chi connectivity index (χ1v) is 10.4. The summed E-state index contributed by atoms with van der Waals surface area (Å²) in [5.74, 6) is -9.44. The van der Waals surface area contributed by atoms with E-state index in [4.69, 9.17) is 13.3 Å². The van der Waals surface area contributed by atoms with Gasteiger partial charge in [-0.3, -0.25) is 0 Å². The van der Waals surface area contributed by atoms with Crippen LogP contribution in [0.5, 0.6) is 0 Å². The minimum Gasteiger partial charge on any atom is -0.377 e. The molecule has 150 valence electrons. The van der Waals surface area contributed by atoms with Gasteiger partial charge in [0, 0.05) is 31.9 Å². The van der Waals surface area contributed by atoms with Crippen molar-refractivity contribution in [2.24, 2.45) is 0 Å². The molecule has 0 aromatic heterocycles. The van der Waals surface area contributed by atoms with E-state index in [2.05, 4.69) is 0 Å². The molecule has 0 aliphatic heterocycles. The zero-order valence-electron chi connectivity index (χ0n) is 15.4. The molecule has 0 spiro atoms. The summed E-state index contributed by atoms with van der Waals surface area (Å²) in [6.07, 6.45) is 2.01. The van der Waals surface area contributed by atoms with E-state index in [-0.39, 0.29) is 12.5 Å². The zero-order chi connectivity index (χ0) is 19.9. The molecule has 26 heavy (non-hydrogen) atoms. The minimum atomic E-state index is -2.73. The van der Waals surface area contributed by atoms with Crippen molar-refractivity contribution >= 4 is 8.80 Å². The standard InChI is InChI=1S/C17H25F5O3Si/c1-11(2)25-26(23-3,24-4)10-8-6-5-7-9-12-13(18)15(20)17(22)16(21)14(12)19/h11H,5-10H2,1-4H3. The molecule has 0 amide bonds. The van der Waals surface area contributed by atoms with Crippen LogP contribution in [0.4, 0.5) is 22.0 Å². The lowest BCUT2D eigenvalue weighted by Gasteiger charge is -2.28. The SMILES string of the molecule is CO[Si](CCCCCCc1c(F)c(F)c(F)c(F)c1F)(OC)OC(C)C. The fourth-order valence-electron chi connectivity index (χ4n) is 2.67. The van der Waals surface area contributed by atoms with Gasteiger partial charge in [0.1, 0.15) is 0 Å². The summed E-state index contributed by atoms with van der Waals surface area (Å²) in [6.45, 7) is 3.76. The maximum absolute atomic E-state index is 13.6. The number of unbranched alkanes of at least 4 members (excludes halogenated alkanes) is 3. The van der Waals surface area contributed by atoms with Gasteiger partial charge in [0.25, 0.3) is 0 Å². The molecule has 0 aliphatic carbocycles. The van der Waals surface area contributed by atoms with Crippen LogP contribution in [0, 0.1) is 29.1 Å². The maximum atomic E-state index is 13.6. The fraction of sp³-hybridized carbons (Fsp3) is 0.647. The van der Waals surface area contributed by atoms with Gasteiger partial charge in [0.2, 0.25) is 5.82 Å². The van der Waals surface area contributed by atoms with Crippen LogP contribution >= 0.6 is 0 Å². The van der Waals surface area contributed by atoms with Crippen LogP contribution in [-0.2, 0) is 19.7 Å². The van der Waals surface area contributed by atoms with Crippen molar-refractivity contribution < 1.29 is 35.2 Å². The third kappa shape index (κ3) is 5.73. The molecule has 9 heteroatoms. The van der Waals surface area contributed by atoms with E-state index in [9.17, 15) is 22.0 Å². The lowest BCUT2D eigenvalue weighted by atomic mass is 10.0. The Bertz CT molecular complexity index is 565. The van der Waals surface area contributed by atoms with Crippen molar-refractivity contribution in [3.05, 3.63) is 34.6 Å². The van der Waals surface area contributed by atoms with E-state index in [0.717, 1.165) is 0 Å². The van der Waals surface area contributed by atoms with Crippen molar-refractivity contribution in [1.29, 1.82) is 0 Å². The lowest BCUT2D eigenvalue weighted by Crippen LogP contribution is -2.45. The van der Waals surface area contributed by atoms with E-state index < -0.39 is 43.5 Å². The van der Waals surface area contributed by atoms with Gasteiger partial charge < -0.3 is 13.3 Å². The van der Waals surface area contributed by atoms with Crippen molar-refractivity contribution in [3.63, 3.8) is 0 Å². The first-order chi connectivity index (χ1) is 12.2. The number of halogens is 5. The zero-order valence-corrected chi connectivity index (χ0v) is 16.4. The van der Waals surface area contributed by atoms with Crippen molar-refractivity contribution in [1.82, 2.24) is 0 Å². The van der Waals surface area contributed by atoms with Gasteiger partial charge in [-0.2, -0.15) is 0 Å². The summed E-state index contributed by atoms with van der Waals surface area (Å²) in [6, 6.07) is 0.584. The highest BCUT2D eigenvalue weighted by Gasteiger charge is 2.39. The number of benzene rings is 1. The van der Waals surface area contributed by atoms with Crippen LogP contribution in [0.3, 0.4) is 0 Å². The first-order valence-electron chi connectivity index (χ1n) is 8.47. The summed E-state index contributed by atoms with van der Waals surface area (Å²) in [4.78, 5) is 0. The Kier molecular flexibility index (Phi) is 9.15. The Morgan fingerprint density at radius 2 is 1.19 bits per heavy atom. The predicted molar refractivity (Wildman–Crippen MR) is 89.2 cm³/mol. The molecule has 1 aromatic carbocycles. The monoisotopic (exact) mass is 400 g/mol. The summed E-state index contributed by atoms with van der Waals surface area (Å²) in [5, 5.41) is 0. The Labute approximate surface area is 151 Å². The molecule has 1 aromatic rings. The summed E-state index contributed by atoms with van der Waals surface area (Å²) in [7, 11) is 0.328. The van der Waals surface area contributed by atoms with Crippen LogP contribution in [0.1, 0.15) is 45.1 Å². The van der Waals surface area contributed by atoms with Crippen LogP contribution in [0.2, 0.25) is 6.04 Å². The van der Waals surface area contributed by atoms with Crippen LogP contribution in [0.25, 0.3) is 0 Å². The highest BCUT2D eigenvalue weighted by atomic mass is 28.4. The fourth-order valence-corrected chi connectivity index (χ4v) is 4.95. The Morgan fingerprint density at radius 3 is 1.65 bits per heavy atom. The van der Waals surface area contributed by atoms with E-state index >= 15 is 0 Å². The summed E-state index contributed by atoms with van der Waals surface area (Å²) < 4.78 is 83.1. The van der Waals surface area contributed by atoms with E-state index in [0.29, 0.717) is 31.7 Å². The molecule has 0 heterocycles. The molecule has 0 unspecified atom stereocenters. The third-order valence-corrected chi connectivity index (χ3v) is 7.04. The molecule has 0 bridgehead atoms. The normalized spacial score (nSPS) is 12.2. The second kappa shape index (κ2) is 10.3. The van der Waals surface area contributed by atoms with Crippen molar-refractivity contribution in [2.45, 2.75) is 58.1 Å².